The number of amides is 1. The van der Waals surface area contributed by atoms with Gasteiger partial charge in [0, 0.05) is 12.7 Å². The van der Waals surface area contributed by atoms with Crippen molar-refractivity contribution < 1.29 is 14.6 Å². The minimum Gasteiger partial charge on any atom is -0.496 e. The van der Waals surface area contributed by atoms with E-state index in [0.717, 1.165) is 4.47 Å². The number of carbonyl (C=O) groups excluding carboxylic acids is 1. The molecule has 0 saturated carbocycles. The molecule has 0 saturated heterocycles. The number of rotatable bonds is 3. The van der Waals surface area contributed by atoms with E-state index in [-0.39, 0.29) is 5.91 Å². The zero-order chi connectivity index (χ0) is 13.2. The van der Waals surface area contributed by atoms with Gasteiger partial charge in [0.15, 0.2) is 0 Å². The van der Waals surface area contributed by atoms with Gasteiger partial charge in [-0.2, -0.15) is 0 Å². The van der Waals surface area contributed by atoms with Crippen molar-refractivity contribution in [1.29, 1.82) is 0 Å². The molecule has 0 aliphatic heterocycles. The Morgan fingerprint density at radius 2 is 2.06 bits per heavy atom. The smallest absolute Gasteiger partial charge is 0.258 e. The number of benzene rings is 1. The molecule has 17 heavy (non-hydrogen) atoms. The van der Waals surface area contributed by atoms with Crippen molar-refractivity contribution in [2.24, 2.45) is 0 Å². The topological polar surface area (TPSA) is 49.8 Å². The molecule has 0 fully saturated rings. The van der Waals surface area contributed by atoms with Gasteiger partial charge in [-0.3, -0.25) is 4.79 Å². The highest BCUT2D eigenvalue weighted by atomic mass is 79.9. The van der Waals surface area contributed by atoms with Crippen molar-refractivity contribution in [2.45, 2.75) is 19.4 Å². The van der Waals surface area contributed by atoms with Crippen molar-refractivity contribution in [3.05, 3.63) is 22.7 Å². The number of anilines is 1. The van der Waals surface area contributed by atoms with E-state index >= 15 is 0 Å². The minimum atomic E-state index is -1.39. The van der Waals surface area contributed by atoms with E-state index in [9.17, 15) is 9.90 Å². The summed E-state index contributed by atoms with van der Waals surface area (Å²) in [6.07, 6.45) is 0. The molecule has 1 aromatic rings. The van der Waals surface area contributed by atoms with Gasteiger partial charge in [0.25, 0.3) is 5.91 Å². The SMILES string of the molecule is COc1ccc(N(C)C(=O)C(C)(C)O)cc1Br. The van der Waals surface area contributed by atoms with Gasteiger partial charge in [-0.05, 0) is 48.0 Å². The maximum atomic E-state index is 11.9. The molecule has 0 unspecified atom stereocenters. The van der Waals surface area contributed by atoms with E-state index in [0.29, 0.717) is 11.4 Å². The Kier molecular flexibility index (Phi) is 4.16. The normalized spacial score (nSPS) is 11.2. The molecule has 5 heteroatoms. The lowest BCUT2D eigenvalue weighted by Gasteiger charge is -2.25. The maximum absolute atomic E-state index is 11.9. The van der Waals surface area contributed by atoms with Crippen molar-refractivity contribution in [3.63, 3.8) is 0 Å². The van der Waals surface area contributed by atoms with E-state index in [2.05, 4.69) is 15.9 Å². The summed E-state index contributed by atoms with van der Waals surface area (Å²) in [5.74, 6) is 0.326. The van der Waals surface area contributed by atoms with E-state index in [1.807, 2.05) is 0 Å². The predicted octanol–water partition coefficient (Wildman–Crippen LogP) is 2.19. The van der Waals surface area contributed by atoms with Gasteiger partial charge in [0.05, 0.1) is 11.6 Å². The second kappa shape index (κ2) is 5.06. The van der Waals surface area contributed by atoms with Crippen LogP contribution in [-0.2, 0) is 4.79 Å². The van der Waals surface area contributed by atoms with Crippen molar-refractivity contribution in [2.75, 3.05) is 19.1 Å². The fourth-order valence-corrected chi connectivity index (χ4v) is 1.92. The highest BCUT2D eigenvalue weighted by molar-refractivity contribution is 9.10. The first-order chi connectivity index (χ1) is 7.77. The zero-order valence-electron chi connectivity index (χ0n) is 10.3. The van der Waals surface area contributed by atoms with Gasteiger partial charge in [-0.15, -0.1) is 0 Å². The maximum Gasteiger partial charge on any atom is 0.258 e. The molecular weight excluding hydrogens is 286 g/mol. The summed E-state index contributed by atoms with van der Waals surface area (Å²) in [4.78, 5) is 13.3. The molecule has 0 spiro atoms. The van der Waals surface area contributed by atoms with E-state index in [1.165, 1.54) is 18.7 Å². The highest BCUT2D eigenvalue weighted by Crippen LogP contribution is 2.29. The Morgan fingerprint density at radius 3 is 2.47 bits per heavy atom. The fraction of sp³-hybridized carbons (Fsp3) is 0.417. The number of likely N-dealkylation sites (N-methyl/N-ethyl adjacent to an activating group) is 1. The monoisotopic (exact) mass is 301 g/mol. The van der Waals surface area contributed by atoms with Crippen LogP contribution in [0.5, 0.6) is 5.75 Å². The van der Waals surface area contributed by atoms with Crippen LogP contribution in [0.25, 0.3) is 0 Å². The van der Waals surface area contributed by atoms with Crippen LogP contribution >= 0.6 is 15.9 Å². The number of carbonyl (C=O) groups is 1. The third-order valence-corrected chi connectivity index (χ3v) is 2.97. The number of aliphatic hydroxyl groups is 1. The standard InChI is InChI=1S/C12H16BrNO3/c1-12(2,16)11(15)14(3)8-5-6-10(17-4)9(13)7-8/h5-7,16H,1-4H3. The second-order valence-electron chi connectivity index (χ2n) is 4.24. The number of hydrogen-bond donors (Lipinski definition) is 1. The van der Waals surface area contributed by atoms with Crippen molar-refractivity contribution >= 4 is 27.5 Å². The molecule has 1 rings (SSSR count). The molecule has 1 aromatic carbocycles. The van der Waals surface area contributed by atoms with E-state index in [1.54, 1.807) is 32.4 Å². The summed E-state index contributed by atoms with van der Waals surface area (Å²) in [5, 5.41) is 9.66. The zero-order valence-corrected chi connectivity index (χ0v) is 11.9. The van der Waals surface area contributed by atoms with Gasteiger partial charge in [0.2, 0.25) is 0 Å². The largest absolute Gasteiger partial charge is 0.496 e. The van der Waals surface area contributed by atoms with E-state index in [4.69, 9.17) is 4.74 Å². The van der Waals surface area contributed by atoms with Crippen molar-refractivity contribution in [1.82, 2.24) is 0 Å². The first-order valence-electron chi connectivity index (χ1n) is 5.11. The number of halogens is 1. The Hall–Kier alpha value is -1.07. The lowest BCUT2D eigenvalue weighted by atomic mass is 10.1. The fourth-order valence-electron chi connectivity index (χ4n) is 1.39. The summed E-state index contributed by atoms with van der Waals surface area (Å²) in [6.45, 7) is 2.93. The quantitative estimate of drug-likeness (QED) is 0.931. The molecule has 1 amide bonds. The number of methoxy groups -OCH3 is 1. The lowest BCUT2D eigenvalue weighted by molar-refractivity contribution is -0.133. The highest BCUT2D eigenvalue weighted by Gasteiger charge is 2.28. The Morgan fingerprint density at radius 1 is 1.47 bits per heavy atom. The van der Waals surface area contributed by atoms with Gasteiger partial charge >= 0.3 is 0 Å². The van der Waals surface area contributed by atoms with Crippen LogP contribution in [0.15, 0.2) is 22.7 Å². The predicted molar refractivity (Wildman–Crippen MR) is 70.4 cm³/mol. The molecule has 0 atom stereocenters. The molecule has 4 nitrogen and oxygen atoms in total. The number of hydrogen-bond acceptors (Lipinski definition) is 3. The lowest BCUT2D eigenvalue weighted by Crippen LogP contribution is -2.43. The van der Waals surface area contributed by atoms with Crippen LogP contribution in [0, 0.1) is 0 Å². The molecule has 0 aliphatic rings. The average molecular weight is 302 g/mol. The number of ether oxygens (including phenoxy) is 1. The van der Waals surface area contributed by atoms with Crippen LogP contribution in [-0.4, -0.2) is 30.8 Å². The average Bonchev–Trinajstić information content (AvgIpc) is 2.25. The summed E-state index contributed by atoms with van der Waals surface area (Å²) >= 11 is 3.35. The molecule has 0 aromatic heterocycles. The van der Waals surface area contributed by atoms with Gasteiger partial charge in [-0.25, -0.2) is 0 Å². The Bertz CT molecular complexity index is 426. The molecule has 1 N–H and O–H groups in total. The first-order valence-corrected chi connectivity index (χ1v) is 5.90. The first kappa shape index (κ1) is 14.0. The summed E-state index contributed by atoms with van der Waals surface area (Å²) in [6, 6.07) is 5.28. The molecule has 0 aliphatic carbocycles. The third-order valence-electron chi connectivity index (χ3n) is 2.35. The molecule has 94 valence electrons. The van der Waals surface area contributed by atoms with E-state index < -0.39 is 5.60 Å². The molecule has 0 bridgehead atoms. The number of nitrogens with zero attached hydrogens (tertiary/aromatic N) is 1. The van der Waals surface area contributed by atoms with Crippen LogP contribution in [0.2, 0.25) is 0 Å². The molecule has 0 heterocycles. The Labute approximate surface area is 109 Å². The van der Waals surface area contributed by atoms with Gasteiger partial charge < -0.3 is 14.7 Å². The summed E-state index contributed by atoms with van der Waals surface area (Å²) in [7, 11) is 3.19. The van der Waals surface area contributed by atoms with Crippen LogP contribution < -0.4 is 9.64 Å². The van der Waals surface area contributed by atoms with Gasteiger partial charge in [0.1, 0.15) is 11.4 Å². The minimum absolute atomic E-state index is 0.366. The third kappa shape index (κ3) is 3.20. The van der Waals surface area contributed by atoms with Crippen LogP contribution in [0.3, 0.4) is 0 Å². The van der Waals surface area contributed by atoms with Crippen LogP contribution in [0.4, 0.5) is 5.69 Å². The summed E-state index contributed by atoms with van der Waals surface area (Å²) < 4.78 is 5.87. The second-order valence-corrected chi connectivity index (χ2v) is 5.10. The molecule has 0 radical (unpaired) electrons. The molecular formula is C12H16BrNO3. The van der Waals surface area contributed by atoms with Crippen LogP contribution in [0.1, 0.15) is 13.8 Å². The Balaban J connectivity index is 3.02. The van der Waals surface area contributed by atoms with Gasteiger partial charge in [-0.1, -0.05) is 0 Å². The summed E-state index contributed by atoms with van der Waals surface area (Å²) in [5.41, 5.74) is -0.703. The van der Waals surface area contributed by atoms with Crippen molar-refractivity contribution in [3.8, 4) is 5.75 Å².